The number of hydrogen-bond acceptors (Lipinski definition) is 3. The summed E-state index contributed by atoms with van der Waals surface area (Å²) >= 11 is 0. The van der Waals surface area contributed by atoms with Crippen LogP contribution in [0.4, 0.5) is 0 Å². The van der Waals surface area contributed by atoms with Crippen LogP contribution >= 0.6 is 0 Å². The van der Waals surface area contributed by atoms with Crippen LogP contribution < -0.4 is 5.32 Å². The van der Waals surface area contributed by atoms with Crippen molar-refractivity contribution in [2.75, 3.05) is 32.8 Å². The molecule has 2 aliphatic rings. The minimum atomic E-state index is 0.501. The van der Waals surface area contributed by atoms with E-state index in [2.05, 4.69) is 17.1 Å². The lowest BCUT2D eigenvalue weighted by Crippen LogP contribution is -2.59. The van der Waals surface area contributed by atoms with Crippen molar-refractivity contribution in [2.24, 2.45) is 0 Å². The lowest BCUT2D eigenvalue weighted by molar-refractivity contribution is -0.0825. The van der Waals surface area contributed by atoms with Gasteiger partial charge in [0.2, 0.25) is 0 Å². The quantitative estimate of drug-likeness (QED) is 0.721. The van der Waals surface area contributed by atoms with E-state index in [0.29, 0.717) is 12.1 Å². The highest BCUT2D eigenvalue weighted by atomic mass is 16.5. The van der Waals surface area contributed by atoms with E-state index in [1.165, 1.54) is 38.6 Å². The van der Waals surface area contributed by atoms with Gasteiger partial charge in [-0.25, -0.2) is 0 Å². The summed E-state index contributed by atoms with van der Waals surface area (Å²) in [5, 5.41) is 3.49. The number of nitrogens with zero attached hydrogens (tertiary/aromatic N) is 1. The summed E-state index contributed by atoms with van der Waals surface area (Å²) in [5.41, 5.74) is 0. The monoisotopic (exact) mass is 226 g/mol. The molecule has 3 nitrogen and oxygen atoms in total. The van der Waals surface area contributed by atoms with Crippen LogP contribution in [0.15, 0.2) is 0 Å². The SMILES string of the molecule is CCCCCCN1CCO[C@@H]2CCNC[C@@H]21. The third-order valence-electron chi connectivity index (χ3n) is 3.87. The van der Waals surface area contributed by atoms with Crippen LogP contribution in [0.1, 0.15) is 39.0 Å². The Kier molecular flexibility index (Phi) is 5.07. The van der Waals surface area contributed by atoms with Gasteiger partial charge in [0.05, 0.1) is 12.7 Å². The molecule has 0 amide bonds. The van der Waals surface area contributed by atoms with Crippen LogP contribution in [-0.2, 0) is 4.74 Å². The van der Waals surface area contributed by atoms with Gasteiger partial charge in [0.1, 0.15) is 0 Å². The maximum Gasteiger partial charge on any atom is 0.0755 e. The normalized spacial score (nSPS) is 31.3. The molecule has 1 N–H and O–H groups in total. The molecule has 2 atom stereocenters. The largest absolute Gasteiger partial charge is 0.375 e. The molecule has 16 heavy (non-hydrogen) atoms. The van der Waals surface area contributed by atoms with E-state index in [1.807, 2.05) is 0 Å². The topological polar surface area (TPSA) is 24.5 Å². The molecule has 0 aromatic carbocycles. The highest BCUT2D eigenvalue weighted by Crippen LogP contribution is 2.19. The van der Waals surface area contributed by atoms with Gasteiger partial charge in [0, 0.05) is 19.1 Å². The number of piperidine rings is 1. The number of unbranched alkanes of at least 4 members (excludes halogenated alkanes) is 3. The molecule has 0 aromatic heterocycles. The molecule has 0 aromatic rings. The Bertz CT molecular complexity index is 196. The van der Waals surface area contributed by atoms with Crippen LogP contribution in [0.25, 0.3) is 0 Å². The summed E-state index contributed by atoms with van der Waals surface area (Å²) in [5.74, 6) is 0. The van der Waals surface area contributed by atoms with Crippen molar-refractivity contribution in [1.82, 2.24) is 10.2 Å². The zero-order valence-electron chi connectivity index (χ0n) is 10.6. The molecule has 0 bridgehead atoms. The Labute approximate surface area is 99.5 Å². The second kappa shape index (κ2) is 6.58. The van der Waals surface area contributed by atoms with Crippen LogP contribution in [0.2, 0.25) is 0 Å². The molecule has 0 aliphatic carbocycles. The molecule has 0 saturated carbocycles. The summed E-state index contributed by atoms with van der Waals surface area (Å²) < 4.78 is 5.86. The zero-order chi connectivity index (χ0) is 11.2. The van der Waals surface area contributed by atoms with E-state index in [9.17, 15) is 0 Å². The van der Waals surface area contributed by atoms with Gasteiger partial charge in [-0.2, -0.15) is 0 Å². The Morgan fingerprint density at radius 2 is 2.25 bits per heavy atom. The van der Waals surface area contributed by atoms with Crippen molar-refractivity contribution in [3.63, 3.8) is 0 Å². The second-order valence-corrected chi connectivity index (χ2v) is 5.07. The van der Waals surface area contributed by atoms with E-state index in [-0.39, 0.29) is 0 Å². The van der Waals surface area contributed by atoms with Crippen LogP contribution in [-0.4, -0.2) is 49.8 Å². The molecule has 2 heterocycles. The van der Waals surface area contributed by atoms with E-state index in [1.54, 1.807) is 0 Å². The van der Waals surface area contributed by atoms with Crippen molar-refractivity contribution in [3.8, 4) is 0 Å². The molecule has 0 spiro atoms. The number of rotatable bonds is 5. The number of morpholine rings is 1. The molecule has 2 rings (SSSR count). The summed E-state index contributed by atoms with van der Waals surface area (Å²) in [6.07, 6.45) is 7.15. The average Bonchev–Trinajstić information content (AvgIpc) is 2.35. The van der Waals surface area contributed by atoms with Crippen molar-refractivity contribution in [2.45, 2.75) is 51.2 Å². The number of hydrogen-bond donors (Lipinski definition) is 1. The Hall–Kier alpha value is -0.120. The second-order valence-electron chi connectivity index (χ2n) is 5.07. The van der Waals surface area contributed by atoms with Crippen LogP contribution in [0.3, 0.4) is 0 Å². The van der Waals surface area contributed by atoms with Crippen molar-refractivity contribution >= 4 is 0 Å². The maximum absolute atomic E-state index is 5.86. The van der Waals surface area contributed by atoms with Gasteiger partial charge < -0.3 is 10.1 Å². The van der Waals surface area contributed by atoms with E-state index < -0.39 is 0 Å². The first-order valence-electron chi connectivity index (χ1n) is 6.98. The van der Waals surface area contributed by atoms with Gasteiger partial charge in [-0.1, -0.05) is 26.2 Å². The first-order valence-corrected chi connectivity index (χ1v) is 6.98. The van der Waals surface area contributed by atoms with Gasteiger partial charge in [0.25, 0.3) is 0 Å². The molecule has 3 heteroatoms. The van der Waals surface area contributed by atoms with Gasteiger partial charge in [-0.05, 0) is 25.9 Å². The Morgan fingerprint density at radius 3 is 3.12 bits per heavy atom. The van der Waals surface area contributed by atoms with Crippen molar-refractivity contribution in [1.29, 1.82) is 0 Å². The van der Waals surface area contributed by atoms with Gasteiger partial charge in [-0.15, -0.1) is 0 Å². The fourth-order valence-corrected chi connectivity index (χ4v) is 2.88. The smallest absolute Gasteiger partial charge is 0.0755 e. The molecule has 94 valence electrons. The van der Waals surface area contributed by atoms with E-state index in [4.69, 9.17) is 4.74 Å². The molecule has 0 unspecified atom stereocenters. The average molecular weight is 226 g/mol. The summed E-state index contributed by atoms with van der Waals surface area (Å²) in [7, 11) is 0. The molecular formula is C13H26N2O. The van der Waals surface area contributed by atoms with Gasteiger partial charge in [-0.3, -0.25) is 4.90 Å². The minimum Gasteiger partial charge on any atom is -0.375 e. The fourth-order valence-electron chi connectivity index (χ4n) is 2.88. The number of fused-ring (bicyclic) bond motifs is 1. The summed E-state index contributed by atoms with van der Waals surface area (Å²) in [6, 6.07) is 0.643. The number of nitrogens with one attached hydrogen (secondary N) is 1. The van der Waals surface area contributed by atoms with Gasteiger partial charge in [0.15, 0.2) is 0 Å². The predicted octanol–water partition coefficient (Wildman–Crippen LogP) is 1.63. The van der Waals surface area contributed by atoms with Crippen molar-refractivity contribution in [3.05, 3.63) is 0 Å². The predicted molar refractivity (Wildman–Crippen MR) is 66.7 cm³/mol. The summed E-state index contributed by atoms with van der Waals surface area (Å²) in [4.78, 5) is 2.65. The highest BCUT2D eigenvalue weighted by molar-refractivity contribution is 4.89. The minimum absolute atomic E-state index is 0.501. The van der Waals surface area contributed by atoms with Crippen LogP contribution in [0, 0.1) is 0 Å². The third kappa shape index (κ3) is 3.19. The van der Waals surface area contributed by atoms with E-state index in [0.717, 1.165) is 26.2 Å². The first kappa shape index (κ1) is 12.3. The first-order chi connectivity index (χ1) is 7.92. The van der Waals surface area contributed by atoms with Crippen LogP contribution in [0.5, 0.6) is 0 Å². The third-order valence-corrected chi connectivity index (χ3v) is 3.87. The summed E-state index contributed by atoms with van der Waals surface area (Å²) in [6.45, 7) is 7.87. The molecule has 2 fully saturated rings. The standard InChI is InChI=1S/C13H26N2O/c1-2-3-4-5-8-15-9-10-16-13-6-7-14-11-12(13)15/h12-14H,2-11H2,1H3/t12-,13+/m0/s1. The maximum atomic E-state index is 5.86. The molecule has 0 radical (unpaired) electrons. The highest BCUT2D eigenvalue weighted by Gasteiger charge is 2.33. The Balaban J connectivity index is 1.74. The fraction of sp³-hybridized carbons (Fsp3) is 1.00. The molecular weight excluding hydrogens is 200 g/mol. The number of ether oxygens (including phenoxy) is 1. The lowest BCUT2D eigenvalue weighted by Gasteiger charge is -2.44. The Morgan fingerprint density at radius 1 is 1.31 bits per heavy atom. The molecule has 2 saturated heterocycles. The zero-order valence-corrected chi connectivity index (χ0v) is 10.6. The van der Waals surface area contributed by atoms with Crippen molar-refractivity contribution < 1.29 is 4.74 Å². The van der Waals surface area contributed by atoms with Gasteiger partial charge >= 0.3 is 0 Å². The van der Waals surface area contributed by atoms with E-state index >= 15 is 0 Å². The molecule has 2 aliphatic heterocycles. The lowest BCUT2D eigenvalue weighted by atomic mass is 10.00.